The molecule has 1 unspecified atom stereocenters. The van der Waals surface area contributed by atoms with E-state index in [-0.39, 0.29) is 6.10 Å². The minimum Gasteiger partial charge on any atom is -0.497 e. The quantitative estimate of drug-likeness (QED) is 0.788. The number of benzene rings is 1. The second-order valence-electron chi connectivity index (χ2n) is 4.72. The Balaban J connectivity index is 1.91. The number of rotatable bonds is 5. The van der Waals surface area contributed by atoms with Crippen molar-refractivity contribution < 1.29 is 9.47 Å². The van der Waals surface area contributed by atoms with Crippen molar-refractivity contribution in [1.82, 2.24) is 4.90 Å². The van der Waals surface area contributed by atoms with Crippen LogP contribution in [0.15, 0.2) is 18.2 Å². The van der Waals surface area contributed by atoms with Gasteiger partial charge >= 0.3 is 0 Å². The number of methoxy groups -OCH3 is 1. The molecule has 5 heteroatoms. The summed E-state index contributed by atoms with van der Waals surface area (Å²) in [5, 5.41) is 3.35. The Hall–Kier alpha value is -1.46. The maximum atomic E-state index is 5.94. The SMILES string of the molecule is CCN1CCOC(CNc2cc(OC)ccc2N)C1. The summed E-state index contributed by atoms with van der Waals surface area (Å²) in [7, 11) is 1.65. The molecule has 0 spiro atoms. The molecule has 0 amide bonds. The van der Waals surface area contributed by atoms with E-state index in [4.69, 9.17) is 15.2 Å². The summed E-state index contributed by atoms with van der Waals surface area (Å²) < 4.78 is 11.0. The van der Waals surface area contributed by atoms with Crippen molar-refractivity contribution in [2.75, 3.05) is 50.9 Å². The van der Waals surface area contributed by atoms with E-state index in [9.17, 15) is 0 Å². The highest BCUT2D eigenvalue weighted by atomic mass is 16.5. The molecular formula is C14H23N3O2. The number of hydrogen-bond donors (Lipinski definition) is 2. The van der Waals surface area contributed by atoms with Gasteiger partial charge in [-0.3, -0.25) is 4.90 Å². The average Bonchev–Trinajstić information content (AvgIpc) is 2.46. The van der Waals surface area contributed by atoms with Gasteiger partial charge in [0.25, 0.3) is 0 Å². The van der Waals surface area contributed by atoms with Gasteiger partial charge in [-0.25, -0.2) is 0 Å². The predicted molar refractivity (Wildman–Crippen MR) is 77.8 cm³/mol. The maximum Gasteiger partial charge on any atom is 0.121 e. The lowest BCUT2D eigenvalue weighted by molar-refractivity contribution is -0.0191. The van der Waals surface area contributed by atoms with Gasteiger partial charge in [-0.15, -0.1) is 0 Å². The van der Waals surface area contributed by atoms with E-state index < -0.39 is 0 Å². The summed E-state index contributed by atoms with van der Waals surface area (Å²) in [6.07, 6.45) is 0.208. The molecule has 1 aromatic rings. The van der Waals surface area contributed by atoms with Gasteiger partial charge in [0.15, 0.2) is 0 Å². The van der Waals surface area contributed by atoms with E-state index in [1.54, 1.807) is 7.11 Å². The number of nitrogens with zero attached hydrogens (tertiary/aromatic N) is 1. The van der Waals surface area contributed by atoms with Crippen molar-refractivity contribution in [3.63, 3.8) is 0 Å². The van der Waals surface area contributed by atoms with Crippen LogP contribution in [0.2, 0.25) is 0 Å². The highest BCUT2D eigenvalue weighted by molar-refractivity contribution is 5.68. The number of nitrogens with one attached hydrogen (secondary N) is 1. The molecule has 3 N–H and O–H groups in total. The molecule has 1 aliphatic rings. The van der Waals surface area contributed by atoms with Crippen molar-refractivity contribution in [3.05, 3.63) is 18.2 Å². The molecule has 0 saturated carbocycles. The first-order valence-electron chi connectivity index (χ1n) is 6.74. The van der Waals surface area contributed by atoms with Gasteiger partial charge in [0, 0.05) is 25.7 Å². The van der Waals surface area contributed by atoms with Gasteiger partial charge < -0.3 is 20.5 Å². The standard InChI is InChI=1S/C14H23N3O2/c1-3-17-6-7-19-12(10-17)9-16-14-8-11(18-2)4-5-13(14)15/h4-5,8,12,16H,3,6-7,9-10,15H2,1-2H3. The van der Waals surface area contributed by atoms with E-state index >= 15 is 0 Å². The largest absolute Gasteiger partial charge is 0.497 e. The molecule has 1 fully saturated rings. The van der Waals surface area contributed by atoms with Crippen LogP contribution >= 0.6 is 0 Å². The molecule has 0 bridgehead atoms. The fourth-order valence-corrected chi connectivity index (χ4v) is 2.23. The van der Waals surface area contributed by atoms with Crippen LogP contribution in [0, 0.1) is 0 Å². The van der Waals surface area contributed by atoms with Crippen LogP contribution in [-0.2, 0) is 4.74 Å². The van der Waals surface area contributed by atoms with Crippen LogP contribution in [0.3, 0.4) is 0 Å². The molecule has 1 aliphatic heterocycles. The second-order valence-corrected chi connectivity index (χ2v) is 4.72. The topological polar surface area (TPSA) is 59.8 Å². The molecule has 1 aromatic carbocycles. The third kappa shape index (κ3) is 3.75. The highest BCUT2D eigenvalue weighted by Crippen LogP contribution is 2.24. The first-order valence-corrected chi connectivity index (χ1v) is 6.74. The lowest BCUT2D eigenvalue weighted by atomic mass is 10.2. The fraction of sp³-hybridized carbons (Fsp3) is 0.571. The zero-order valence-corrected chi connectivity index (χ0v) is 11.7. The normalized spacial score (nSPS) is 20.2. The number of ether oxygens (including phenoxy) is 2. The van der Waals surface area contributed by atoms with Crippen molar-refractivity contribution in [2.45, 2.75) is 13.0 Å². The Morgan fingerprint density at radius 3 is 3.11 bits per heavy atom. The Labute approximate surface area is 114 Å². The maximum absolute atomic E-state index is 5.94. The van der Waals surface area contributed by atoms with Crippen LogP contribution in [0.1, 0.15) is 6.92 Å². The zero-order valence-electron chi connectivity index (χ0n) is 11.7. The lowest BCUT2D eigenvalue weighted by Crippen LogP contribution is -2.45. The van der Waals surface area contributed by atoms with Gasteiger partial charge in [-0.2, -0.15) is 0 Å². The van der Waals surface area contributed by atoms with Gasteiger partial charge in [0.05, 0.1) is 31.2 Å². The molecule has 1 saturated heterocycles. The molecule has 19 heavy (non-hydrogen) atoms. The first kappa shape index (κ1) is 14.0. The molecule has 0 aliphatic carbocycles. The van der Waals surface area contributed by atoms with E-state index in [1.165, 1.54) is 0 Å². The van der Waals surface area contributed by atoms with E-state index in [0.29, 0.717) is 0 Å². The smallest absolute Gasteiger partial charge is 0.121 e. The van der Waals surface area contributed by atoms with Crippen LogP contribution in [-0.4, -0.2) is 50.9 Å². The predicted octanol–water partition coefficient (Wildman–Crippen LogP) is 1.41. The fourth-order valence-electron chi connectivity index (χ4n) is 2.23. The number of hydrogen-bond acceptors (Lipinski definition) is 5. The van der Waals surface area contributed by atoms with Crippen molar-refractivity contribution >= 4 is 11.4 Å². The highest BCUT2D eigenvalue weighted by Gasteiger charge is 2.19. The summed E-state index contributed by atoms with van der Waals surface area (Å²) in [6.45, 7) is 6.79. The van der Waals surface area contributed by atoms with Crippen molar-refractivity contribution in [1.29, 1.82) is 0 Å². The molecule has 1 atom stereocenters. The number of nitrogen functional groups attached to an aromatic ring is 1. The Kier molecular flexibility index (Phi) is 4.87. The number of nitrogens with two attached hydrogens (primary N) is 1. The van der Waals surface area contributed by atoms with Crippen molar-refractivity contribution in [3.8, 4) is 5.75 Å². The zero-order chi connectivity index (χ0) is 13.7. The molecule has 106 valence electrons. The summed E-state index contributed by atoms with van der Waals surface area (Å²) >= 11 is 0. The summed E-state index contributed by atoms with van der Waals surface area (Å²) in [5.41, 5.74) is 7.57. The molecular weight excluding hydrogens is 242 g/mol. The Bertz CT molecular complexity index is 412. The number of anilines is 2. The first-order chi connectivity index (χ1) is 9.22. The lowest BCUT2D eigenvalue weighted by Gasteiger charge is -2.32. The van der Waals surface area contributed by atoms with Gasteiger partial charge in [-0.1, -0.05) is 6.92 Å². The molecule has 0 aromatic heterocycles. The monoisotopic (exact) mass is 265 g/mol. The van der Waals surface area contributed by atoms with Gasteiger partial charge in [0.2, 0.25) is 0 Å². The van der Waals surface area contributed by atoms with Crippen LogP contribution in [0.4, 0.5) is 11.4 Å². The molecule has 1 heterocycles. The van der Waals surface area contributed by atoms with Crippen molar-refractivity contribution in [2.24, 2.45) is 0 Å². The van der Waals surface area contributed by atoms with Crippen LogP contribution < -0.4 is 15.8 Å². The average molecular weight is 265 g/mol. The Morgan fingerprint density at radius 1 is 1.53 bits per heavy atom. The van der Waals surface area contributed by atoms with Gasteiger partial charge in [-0.05, 0) is 18.7 Å². The van der Waals surface area contributed by atoms with E-state index in [2.05, 4.69) is 17.1 Å². The van der Waals surface area contributed by atoms with Crippen LogP contribution in [0.5, 0.6) is 5.75 Å². The third-order valence-corrected chi connectivity index (χ3v) is 3.45. The molecule has 5 nitrogen and oxygen atoms in total. The summed E-state index contributed by atoms with van der Waals surface area (Å²) in [5.74, 6) is 0.802. The molecule has 2 rings (SSSR count). The van der Waals surface area contributed by atoms with Crippen LogP contribution in [0.25, 0.3) is 0 Å². The number of likely N-dealkylation sites (N-methyl/N-ethyl adjacent to an activating group) is 1. The van der Waals surface area contributed by atoms with E-state index in [1.807, 2.05) is 18.2 Å². The van der Waals surface area contributed by atoms with E-state index in [0.717, 1.165) is 49.9 Å². The third-order valence-electron chi connectivity index (χ3n) is 3.45. The summed E-state index contributed by atoms with van der Waals surface area (Å²) in [4.78, 5) is 2.39. The second kappa shape index (κ2) is 6.63. The number of morpholine rings is 1. The minimum absolute atomic E-state index is 0.208. The molecule has 0 radical (unpaired) electrons. The summed E-state index contributed by atoms with van der Waals surface area (Å²) in [6, 6.07) is 5.62. The minimum atomic E-state index is 0.208. The Morgan fingerprint density at radius 2 is 2.37 bits per heavy atom. The van der Waals surface area contributed by atoms with Gasteiger partial charge in [0.1, 0.15) is 5.75 Å².